The Kier molecular flexibility index (Phi) is 7.94. The molecule has 1 aromatic rings. The first kappa shape index (κ1) is 14.5. The van der Waals surface area contributed by atoms with Crippen LogP contribution in [-0.2, 0) is 9.36 Å². The zero-order valence-corrected chi connectivity index (χ0v) is 9.41. The molecule has 0 aliphatic heterocycles. The fourth-order valence-corrected chi connectivity index (χ4v) is 0.970. The lowest BCUT2D eigenvalue weighted by Gasteiger charge is -2.03. The van der Waals surface area contributed by atoms with Gasteiger partial charge in [-0.3, -0.25) is 4.57 Å². The Labute approximate surface area is 93.7 Å². The molecule has 0 heterocycles. The van der Waals surface area contributed by atoms with Crippen LogP contribution in [0.25, 0.3) is 0 Å². The summed E-state index contributed by atoms with van der Waals surface area (Å²) in [7, 11) is -3.13. The highest BCUT2D eigenvalue weighted by Gasteiger charge is 2.02. The van der Waals surface area contributed by atoms with Crippen LogP contribution < -0.4 is 0 Å². The summed E-state index contributed by atoms with van der Waals surface area (Å²) in [5, 5.41) is 0. The molecule has 0 radical (unpaired) electrons. The molecule has 0 saturated carbocycles. The monoisotopic (exact) mass is 241 g/mol. The minimum atomic E-state index is -3.13. The Morgan fingerprint density at radius 1 is 1.38 bits per heavy atom. The van der Waals surface area contributed by atoms with Crippen LogP contribution in [0.4, 0.5) is 0 Å². The zero-order chi connectivity index (χ0) is 12.4. The first-order valence-corrected chi connectivity index (χ1v) is 5.58. The van der Waals surface area contributed by atoms with Gasteiger partial charge in [-0.05, 0) is 5.56 Å². The fourth-order valence-electron chi connectivity index (χ4n) is 0.970. The Bertz CT molecular complexity index is 383. The standard InChI is InChI=1S/C10H9NO.H3O3P/c1-2-10(11-8-12)9-6-4-3-5-7-9;1-4(2)3/h2-7,10H,1H2;4H,(H2,1,2,3). The van der Waals surface area contributed by atoms with Gasteiger partial charge in [0.05, 0.1) is 0 Å². The van der Waals surface area contributed by atoms with Gasteiger partial charge < -0.3 is 9.79 Å². The van der Waals surface area contributed by atoms with E-state index in [4.69, 9.17) is 14.4 Å². The molecule has 86 valence electrons. The molecule has 16 heavy (non-hydrogen) atoms. The number of aliphatic imine (C=N–C) groups is 1. The van der Waals surface area contributed by atoms with Gasteiger partial charge >= 0.3 is 8.25 Å². The van der Waals surface area contributed by atoms with Crippen molar-refractivity contribution in [1.29, 1.82) is 0 Å². The van der Waals surface area contributed by atoms with Gasteiger partial charge in [-0.25, -0.2) is 4.79 Å². The van der Waals surface area contributed by atoms with Crippen LogP contribution in [0.3, 0.4) is 0 Å². The number of isocyanates is 1. The molecule has 0 aromatic heterocycles. The zero-order valence-electron chi connectivity index (χ0n) is 8.41. The van der Waals surface area contributed by atoms with Crippen LogP contribution >= 0.6 is 8.25 Å². The molecule has 1 rings (SSSR count). The first-order chi connectivity index (χ1) is 7.61. The molecule has 0 amide bonds. The molecule has 1 atom stereocenters. The number of benzene rings is 1. The minimum absolute atomic E-state index is 0.260. The van der Waals surface area contributed by atoms with Crippen LogP contribution in [0.2, 0.25) is 0 Å². The lowest BCUT2D eigenvalue weighted by atomic mass is 10.1. The topological polar surface area (TPSA) is 87.0 Å². The fraction of sp³-hybridized carbons (Fsp3) is 0.100. The van der Waals surface area contributed by atoms with Crippen LogP contribution in [0, 0.1) is 0 Å². The van der Waals surface area contributed by atoms with Crippen LogP contribution in [-0.4, -0.2) is 15.9 Å². The van der Waals surface area contributed by atoms with Crippen molar-refractivity contribution in [2.45, 2.75) is 6.04 Å². The number of hydrogen-bond acceptors (Lipinski definition) is 3. The SMILES string of the molecule is C=CC(N=C=O)c1ccccc1.O=[PH](O)O. The van der Waals surface area contributed by atoms with Crippen LogP contribution in [0.1, 0.15) is 11.6 Å². The lowest BCUT2D eigenvalue weighted by Crippen LogP contribution is -1.88. The largest absolute Gasteiger partial charge is 0.326 e. The number of nitrogens with zero attached hydrogens (tertiary/aromatic N) is 1. The van der Waals surface area contributed by atoms with Gasteiger partial charge in [0.1, 0.15) is 6.04 Å². The molecule has 6 heteroatoms. The van der Waals surface area contributed by atoms with Gasteiger partial charge in [0.2, 0.25) is 6.08 Å². The average molecular weight is 241 g/mol. The molecule has 0 bridgehead atoms. The molecular formula is C10H12NO4P. The second kappa shape index (κ2) is 8.77. The van der Waals surface area contributed by atoms with Crippen molar-refractivity contribution in [1.82, 2.24) is 0 Å². The van der Waals surface area contributed by atoms with E-state index in [0.717, 1.165) is 5.56 Å². The summed E-state index contributed by atoms with van der Waals surface area (Å²) in [4.78, 5) is 27.9. The summed E-state index contributed by atoms with van der Waals surface area (Å²) in [6, 6.07) is 9.23. The Hall–Kier alpha value is -1.51. The van der Waals surface area contributed by atoms with Gasteiger partial charge in [-0.15, -0.1) is 6.58 Å². The average Bonchev–Trinajstić information content (AvgIpc) is 2.26. The van der Waals surface area contributed by atoms with Crippen LogP contribution in [0.15, 0.2) is 48.0 Å². The van der Waals surface area contributed by atoms with Gasteiger partial charge in [0, 0.05) is 0 Å². The Balaban J connectivity index is 0.000000487. The Morgan fingerprint density at radius 3 is 2.25 bits per heavy atom. The normalized spacial score (nSPS) is 10.7. The highest BCUT2D eigenvalue weighted by Crippen LogP contribution is 2.16. The van der Waals surface area contributed by atoms with Crippen molar-refractivity contribution in [3.63, 3.8) is 0 Å². The number of hydrogen-bond donors (Lipinski definition) is 2. The van der Waals surface area contributed by atoms with E-state index >= 15 is 0 Å². The maximum absolute atomic E-state index is 10.0. The van der Waals surface area contributed by atoms with Crippen LogP contribution in [0.5, 0.6) is 0 Å². The van der Waals surface area contributed by atoms with E-state index in [2.05, 4.69) is 11.6 Å². The lowest BCUT2D eigenvalue weighted by molar-refractivity contribution is 0.405. The van der Waals surface area contributed by atoms with E-state index in [1.54, 1.807) is 6.08 Å². The predicted octanol–water partition coefficient (Wildman–Crippen LogP) is 1.61. The number of rotatable bonds is 3. The molecule has 0 saturated heterocycles. The van der Waals surface area contributed by atoms with E-state index in [9.17, 15) is 4.79 Å². The van der Waals surface area contributed by atoms with E-state index in [0.29, 0.717) is 0 Å². The molecule has 1 aromatic carbocycles. The van der Waals surface area contributed by atoms with Crippen molar-refractivity contribution in [3.05, 3.63) is 48.6 Å². The summed E-state index contributed by atoms with van der Waals surface area (Å²) in [6.07, 6.45) is 3.13. The van der Waals surface area contributed by atoms with Crippen molar-refractivity contribution in [2.75, 3.05) is 0 Å². The molecular weight excluding hydrogens is 229 g/mol. The quantitative estimate of drug-likeness (QED) is 0.364. The first-order valence-electron chi connectivity index (χ1n) is 4.28. The van der Waals surface area contributed by atoms with E-state index in [1.807, 2.05) is 30.3 Å². The highest BCUT2D eigenvalue weighted by atomic mass is 31.1. The van der Waals surface area contributed by atoms with Gasteiger partial charge in [0.15, 0.2) is 0 Å². The summed E-state index contributed by atoms with van der Waals surface area (Å²) in [5.41, 5.74) is 0.954. The third-order valence-electron chi connectivity index (χ3n) is 1.56. The number of carbonyl (C=O) groups excluding carboxylic acids is 1. The molecule has 2 N–H and O–H groups in total. The van der Waals surface area contributed by atoms with E-state index < -0.39 is 8.25 Å². The smallest absolute Gasteiger partial charge is 0.314 e. The molecule has 1 unspecified atom stereocenters. The van der Waals surface area contributed by atoms with Gasteiger partial charge in [-0.1, -0.05) is 36.4 Å². The molecule has 0 fully saturated rings. The summed E-state index contributed by atoms with van der Waals surface area (Å²) >= 11 is 0. The third kappa shape index (κ3) is 6.87. The molecule has 5 nitrogen and oxygen atoms in total. The maximum Gasteiger partial charge on any atom is 0.314 e. The minimum Gasteiger partial charge on any atom is -0.326 e. The predicted molar refractivity (Wildman–Crippen MR) is 60.9 cm³/mol. The molecule has 0 spiro atoms. The highest BCUT2D eigenvalue weighted by molar-refractivity contribution is 7.30. The van der Waals surface area contributed by atoms with Crippen molar-refractivity contribution in [2.24, 2.45) is 4.99 Å². The van der Waals surface area contributed by atoms with E-state index in [-0.39, 0.29) is 6.04 Å². The van der Waals surface area contributed by atoms with Gasteiger partial charge in [-0.2, -0.15) is 4.99 Å². The van der Waals surface area contributed by atoms with E-state index in [1.165, 1.54) is 6.08 Å². The second-order valence-electron chi connectivity index (χ2n) is 2.59. The Morgan fingerprint density at radius 2 is 1.88 bits per heavy atom. The van der Waals surface area contributed by atoms with Gasteiger partial charge in [0.25, 0.3) is 0 Å². The second-order valence-corrected chi connectivity index (χ2v) is 3.16. The summed E-state index contributed by atoms with van der Waals surface area (Å²) < 4.78 is 8.74. The third-order valence-corrected chi connectivity index (χ3v) is 1.56. The molecule has 0 aliphatic rings. The van der Waals surface area contributed by atoms with Crippen molar-refractivity contribution >= 4 is 14.3 Å². The maximum atomic E-state index is 10.0. The summed E-state index contributed by atoms with van der Waals surface area (Å²) in [6.45, 7) is 3.58. The van der Waals surface area contributed by atoms with Crippen molar-refractivity contribution in [3.8, 4) is 0 Å². The van der Waals surface area contributed by atoms with Crippen molar-refractivity contribution < 1.29 is 19.1 Å². The summed E-state index contributed by atoms with van der Waals surface area (Å²) in [5.74, 6) is 0. The molecule has 0 aliphatic carbocycles.